The molecule has 0 rings (SSSR count). The highest BCUT2D eigenvalue weighted by Crippen LogP contribution is 2.02. The van der Waals surface area contributed by atoms with Crippen molar-refractivity contribution in [3.63, 3.8) is 0 Å². The van der Waals surface area contributed by atoms with Crippen molar-refractivity contribution in [3.8, 4) is 0 Å². The zero-order chi connectivity index (χ0) is 11.7. The van der Waals surface area contributed by atoms with E-state index in [1.165, 1.54) is 11.8 Å². The van der Waals surface area contributed by atoms with Crippen molar-refractivity contribution in [2.24, 2.45) is 0 Å². The molecular weight excluding hydrogens is 214 g/mol. The number of rotatable bonds is 8. The molecule has 0 saturated heterocycles. The van der Waals surface area contributed by atoms with Crippen molar-refractivity contribution < 1.29 is 14.7 Å². The Bertz CT molecular complexity index is 209. The van der Waals surface area contributed by atoms with Gasteiger partial charge in [-0.25, -0.2) is 0 Å². The second kappa shape index (κ2) is 8.59. The Morgan fingerprint density at radius 2 is 2.13 bits per heavy atom. The number of nitrogens with one attached hydrogen (secondary N) is 1. The van der Waals surface area contributed by atoms with Crippen LogP contribution in [0.15, 0.2) is 0 Å². The molecule has 0 heterocycles. The summed E-state index contributed by atoms with van der Waals surface area (Å²) in [5.74, 6) is 0.0142. The van der Waals surface area contributed by atoms with Gasteiger partial charge in [0.15, 0.2) is 0 Å². The molecular formula is C10H19NO3S. The quantitative estimate of drug-likeness (QED) is 0.623. The molecule has 0 bridgehead atoms. The lowest BCUT2D eigenvalue weighted by Gasteiger charge is -2.12. The first-order valence-electron chi connectivity index (χ1n) is 5.15. The zero-order valence-electron chi connectivity index (χ0n) is 9.28. The predicted molar refractivity (Wildman–Crippen MR) is 62.1 cm³/mol. The molecule has 2 N–H and O–H groups in total. The summed E-state index contributed by atoms with van der Waals surface area (Å²) in [5, 5.41) is 11.2. The van der Waals surface area contributed by atoms with Gasteiger partial charge in [0.2, 0.25) is 5.91 Å². The van der Waals surface area contributed by atoms with Crippen molar-refractivity contribution >= 4 is 23.6 Å². The molecule has 1 amide bonds. The molecule has 1 unspecified atom stereocenters. The Balaban J connectivity index is 3.44. The summed E-state index contributed by atoms with van der Waals surface area (Å²) in [4.78, 5) is 21.5. The molecule has 0 aliphatic heterocycles. The van der Waals surface area contributed by atoms with Crippen LogP contribution in [-0.2, 0) is 9.59 Å². The van der Waals surface area contributed by atoms with Crippen LogP contribution < -0.4 is 5.32 Å². The van der Waals surface area contributed by atoms with Gasteiger partial charge in [0.1, 0.15) is 0 Å². The molecule has 15 heavy (non-hydrogen) atoms. The van der Waals surface area contributed by atoms with Crippen LogP contribution >= 0.6 is 11.8 Å². The summed E-state index contributed by atoms with van der Waals surface area (Å²) in [7, 11) is 0. The SMILES string of the molecule is CCCC(C)NC(=O)CSCCC(=O)O. The van der Waals surface area contributed by atoms with E-state index in [4.69, 9.17) is 5.11 Å². The molecule has 5 heteroatoms. The number of thioether (sulfide) groups is 1. The maximum absolute atomic E-state index is 11.3. The van der Waals surface area contributed by atoms with Gasteiger partial charge < -0.3 is 10.4 Å². The van der Waals surface area contributed by atoms with E-state index in [1.807, 2.05) is 6.92 Å². The zero-order valence-corrected chi connectivity index (χ0v) is 10.1. The first-order chi connectivity index (χ1) is 7.06. The lowest BCUT2D eigenvalue weighted by Crippen LogP contribution is -2.33. The molecule has 0 saturated carbocycles. The number of carbonyl (C=O) groups is 2. The van der Waals surface area contributed by atoms with Gasteiger partial charge in [-0.2, -0.15) is 11.8 Å². The van der Waals surface area contributed by atoms with E-state index in [0.29, 0.717) is 11.5 Å². The third-order valence-corrected chi connectivity index (χ3v) is 2.78. The fraction of sp³-hybridized carbons (Fsp3) is 0.800. The molecule has 0 radical (unpaired) electrons. The van der Waals surface area contributed by atoms with E-state index in [1.54, 1.807) is 0 Å². The van der Waals surface area contributed by atoms with E-state index in [-0.39, 0.29) is 18.4 Å². The van der Waals surface area contributed by atoms with Crippen LogP contribution in [0.25, 0.3) is 0 Å². The van der Waals surface area contributed by atoms with Gasteiger partial charge in [-0.3, -0.25) is 9.59 Å². The third-order valence-electron chi connectivity index (χ3n) is 1.82. The van der Waals surface area contributed by atoms with Crippen LogP contribution in [-0.4, -0.2) is 34.5 Å². The van der Waals surface area contributed by atoms with Gasteiger partial charge in [0.05, 0.1) is 12.2 Å². The minimum atomic E-state index is -0.817. The van der Waals surface area contributed by atoms with Gasteiger partial charge in [-0.15, -0.1) is 0 Å². The highest BCUT2D eigenvalue weighted by Gasteiger charge is 2.06. The first-order valence-corrected chi connectivity index (χ1v) is 6.30. The van der Waals surface area contributed by atoms with Crippen LogP contribution in [0.2, 0.25) is 0 Å². The molecule has 1 atom stereocenters. The van der Waals surface area contributed by atoms with Crippen LogP contribution in [0, 0.1) is 0 Å². The average molecular weight is 233 g/mol. The summed E-state index contributed by atoms with van der Waals surface area (Å²) in [6.07, 6.45) is 2.14. The van der Waals surface area contributed by atoms with Crippen molar-refractivity contribution in [2.45, 2.75) is 39.2 Å². The third kappa shape index (κ3) is 9.59. The van der Waals surface area contributed by atoms with Crippen LogP contribution in [0.5, 0.6) is 0 Å². The highest BCUT2D eigenvalue weighted by atomic mass is 32.2. The minimum absolute atomic E-state index is 0.00802. The number of hydrogen-bond acceptors (Lipinski definition) is 3. The van der Waals surface area contributed by atoms with E-state index in [0.717, 1.165) is 12.8 Å². The highest BCUT2D eigenvalue weighted by molar-refractivity contribution is 7.99. The number of aliphatic carboxylic acids is 1. The maximum Gasteiger partial charge on any atom is 0.304 e. The molecule has 0 aromatic heterocycles. The molecule has 4 nitrogen and oxygen atoms in total. The van der Waals surface area contributed by atoms with E-state index >= 15 is 0 Å². The van der Waals surface area contributed by atoms with E-state index in [2.05, 4.69) is 12.2 Å². The maximum atomic E-state index is 11.3. The lowest BCUT2D eigenvalue weighted by atomic mass is 10.2. The number of carboxylic acid groups (broad SMARTS) is 1. The van der Waals surface area contributed by atoms with E-state index in [9.17, 15) is 9.59 Å². The molecule has 88 valence electrons. The van der Waals surface area contributed by atoms with Crippen LogP contribution in [0.3, 0.4) is 0 Å². The van der Waals surface area contributed by atoms with Crippen molar-refractivity contribution in [1.82, 2.24) is 5.32 Å². The van der Waals surface area contributed by atoms with E-state index < -0.39 is 5.97 Å². The van der Waals surface area contributed by atoms with Crippen molar-refractivity contribution in [3.05, 3.63) is 0 Å². The number of carbonyl (C=O) groups excluding carboxylic acids is 1. The smallest absolute Gasteiger partial charge is 0.304 e. The van der Waals surface area contributed by atoms with Gasteiger partial charge in [0, 0.05) is 11.8 Å². The second-order valence-electron chi connectivity index (χ2n) is 3.45. The molecule has 0 aromatic carbocycles. The Morgan fingerprint density at radius 1 is 1.47 bits per heavy atom. The second-order valence-corrected chi connectivity index (χ2v) is 4.56. The molecule has 0 aliphatic carbocycles. The normalized spacial score (nSPS) is 12.1. The molecule has 0 spiro atoms. The largest absolute Gasteiger partial charge is 0.481 e. The molecule has 0 aliphatic rings. The summed E-state index contributed by atoms with van der Waals surface area (Å²) < 4.78 is 0. The fourth-order valence-corrected chi connectivity index (χ4v) is 1.88. The van der Waals surface area contributed by atoms with Gasteiger partial charge in [-0.05, 0) is 13.3 Å². The Hall–Kier alpha value is -0.710. The van der Waals surface area contributed by atoms with Crippen LogP contribution in [0.4, 0.5) is 0 Å². The monoisotopic (exact) mass is 233 g/mol. The summed E-state index contributed by atoms with van der Waals surface area (Å²) in [5.41, 5.74) is 0. The Morgan fingerprint density at radius 3 is 2.67 bits per heavy atom. The van der Waals surface area contributed by atoms with Crippen molar-refractivity contribution in [1.29, 1.82) is 0 Å². The summed E-state index contributed by atoms with van der Waals surface area (Å²) in [6, 6.07) is 0.211. The predicted octanol–water partition coefficient (Wildman–Crippen LogP) is 1.50. The van der Waals surface area contributed by atoms with Crippen molar-refractivity contribution in [2.75, 3.05) is 11.5 Å². The van der Waals surface area contributed by atoms with Gasteiger partial charge >= 0.3 is 5.97 Å². The number of carboxylic acids is 1. The topological polar surface area (TPSA) is 66.4 Å². The number of amides is 1. The molecule has 0 aromatic rings. The number of hydrogen-bond donors (Lipinski definition) is 2. The summed E-state index contributed by atoms with van der Waals surface area (Å²) >= 11 is 1.36. The van der Waals surface area contributed by atoms with Crippen LogP contribution in [0.1, 0.15) is 33.1 Å². The lowest BCUT2D eigenvalue weighted by molar-refractivity contribution is -0.136. The minimum Gasteiger partial charge on any atom is -0.481 e. The fourth-order valence-electron chi connectivity index (χ4n) is 1.15. The Labute approximate surface area is 94.8 Å². The average Bonchev–Trinajstić information content (AvgIpc) is 2.12. The van der Waals surface area contributed by atoms with Gasteiger partial charge in [0.25, 0.3) is 0 Å². The first kappa shape index (κ1) is 14.3. The Kier molecular flexibility index (Phi) is 8.18. The molecule has 0 fully saturated rings. The standard InChI is InChI=1S/C10H19NO3S/c1-3-4-8(2)11-9(12)7-15-6-5-10(13)14/h8H,3-7H2,1-2H3,(H,11,12)(H,13,14). The van der Waals surface area contributed by atoms with Gasteiger partial charge in [-0.1, -0.05) is 13.3 Å². The summed E-state index contributed by atoms with van der Waals surface area (Å²) in [6.45, 7) is 4.05.